The van der Waals surface area contributed by atoms with Crippen LogP contribution < -0.4 is 10.5 Å². The minimum atomic E-state index is -3.61. The molecule has 3 N–H and O–H groups in total. The number of pyridine rings is 1. The van der Waals surface area contributed by atoms with Crippen molar-refractivity contribution in [1.29, 1.82) is 0 Å². The third-order valence-electron chi connectivity index (χ3n) is 2.93. The highest BCUT2D eigenvalue weighted by atomic mass is 35.5. The summed E-state index contributed by atoms with van der Waals surface area (Å²) in [5.41, 5.74) is 6.63. The molecule has 0 spiro atoms. The second-order valence-electron chi connectivity index (χ2n) is 4.53. The van der Waals surface area contributed by atoms with Gasteiger partial charge in [-0.1, -0.05) is 41.9 Å². The summed E-state index contributed by atoms with van der Waals surface area (Å²) in [6, 6.07) is 11.2. The van der Waals surface area contributed by atoms with E-state index in [1.165, 1.54) is 17.8 Å². The van der Waals surface area contributed by atoms with Crippen LogP contribution >= 0.6 is 11.6 Å². The van der Waals surface area contributed by atoms with Crippen LogP contribution in [-0.2, 0) is 16.4 Å². The molecule has 0 atom stereocenters. The summed E-state index contributed by atoms with van der Waals surface area (Å²) in [5, 5.41) is 0.127. The maximum absolute atomic E-state index is 12.1. The van der Waals surface area contributed by atoms with Gasteiger partial charge in [-0.25, -0.2) is 18.1 Å². The summed E-state index contributed by atoms with van der Waals surface area (Å²) in [6.45, 7) is 0.346. The molecule has 5 nitrogen and oxygen atoms in total. The first-order chi connectivity index (χ1) is 9.99. The van der Waals surface area contributed by atoms with Crippen molar-refractivity contribution < 1.29 is 8.42 Å². The molecule has 0 aliphatic heterocycles. The van der Waals surface area contributed by atoms with Crippen molar-refractivity contribution >= 4 is 27.4 Å². The predicted octanol–water partition coefficient (Wildman–Crippen LogP) is 2.23. The van der Waals surface area contributed by atoms with Gasteiger partial charge in [-0.2, -0.15) is 0 Å². The van der Waals surface area contributed by atoms with Crippen molar-refractivity contribution in [2.75, 3.05) is 12.3 Å². The maximum Gasteiger partial charge on any atom is 0.242 e. The monoisotopic (exact) mass is 325 g/mol. The Morgan fingerprint density at radius 1 is 1.24 bits per heavy atom. The summed E-state index contributed by atoms with van der Waals surface area (Å²) in [6.07, 6.45) is 2.71. The Morgan fingerprint density at radius 3 is 2.62 bits per heavy atom. The first kappa shape index (κ1) is 15.8. The van der Waals surface area contributed by atoms with E-state index in [9.17, 15) is 8.42 Å². The second-order valence-corrected chi connectivity index (χ2v) is 6.70. The van der Waals surface area contributed by atoms with Crippen molar-refractivity contribution in [2.45, 2.75) is 17.7 Å². The number of hydrogen-bond donors (Lipinski definition) is 2. The highest BCUT2D eigenvalue weighted by Crippen LogP contribution is 2.19. The minimum absolute atomic E-state index is 0.0152. The van der Waals surface area contributed by atoms with Crippen LogP contribution in [-0.4, -0.2) is 19.9 Å². The molecule has 0 saturated carbocycles. The number of benzene rings is 1. The van der Waals surface area contributed by atoms with Crippen LogP contribution in [0.1, 0.15) is 12.0 Å². The molecule has 0 fully saturated rings. The van der Waals surface area contributed by atoms with Crippen LogP contribution in [0.15, 0.2) is 47.5 Å². The highest BCUT2D eigenvalue weighted by molar-refractivity contribution is 7.89. The number of aryl methyl sites for hydroxylation is 1. The van der Waals surface area contributed by atoms with Gasteiger partial charge in [0.25, 0.3) is 0 Å². The lowest BCUT2D eigenvalue weighted by atomic mass is 10.1. The van der Waals surface area contributed by atoms with Gasteiger partial charge in [0.05, 0.1) is 5.02 Å². The van der Waals surface area contributed by atoms with E-state index in [1.54, 1.807) is 0 Å². The first-order valence-corrected chi connectivity index (χ1v) is 8.30. The molecule has 0 aliphatic rings. The van der Waals surface area contributed by atoms with Gasteiger partial charge >= 0.3 is 0 Å². The molecule has 1 aromatic carbocycles. The van der Waals surface area contributed by atoms with Crippen molar-refractivity contribution in [3.8, 4) is 0 Å². The fraction of sp³-hybridized carbons (Fsp3) is 0.214. The molecule has 0 bridgehead atoms. The summed E-state index contributed by atoms with van der Waals surface area (Å²) in [7, 11) is -3.61. The maximum atomic E-state index is 12.1. The number of nitrogens with two attached hydrogens (primary N) is 1. The Kier molecular flexibility index (Phi) is 5.17. The molecule has 1 aromatic heterocycles. The van der Waals surface area contributed by atoms with Gasteiger partial charge in [0.15, 0.2) is 0 Å². The summed E-state index contributed by atoms with van der Waals surface area (Å²) in [5.74, 6) is 0.111. The van der Waals surface area contributed by atoms with Crippen molar-refractivity contribution in [1.82, 2.24) is 9.71 Å². The summed E-state index contributed by atoms with van der Waals surface area (Å²) in [4.78, 5) is 3.76. The Hall–Kier alpha value is -1.63. The van der Waals surface area contributed by atoms with Crippen LogP contribution in [0.4, 0.5) is 5.82 Å². The largest absolute Gasteiger partial charge is 0.382 e. The molecule has 2 aromatic rings. The number of nitrogen functional groups attached to an aromatic ring is 1. The molecule has 21 heavy (non-hydrogen) atoms. The number of sulfonamides is 1. The molecular formula is C14H16ClN3O2S. The average Bonchev–Trinajstić information content (AvgIpc) is 2.47. The van der Waals surface area contributed by atoms with Gasteiger partial charge in [0.1, 0.15) is 10.7 Å². The van der Waals surface area contributed by atoms with Crippen molar-refractivity contribution in [3.63, 3.8) is 0 Å². The normalized spacial score (nSPS) is 11.5. The zero-order valence-electron chi connectivity index (χ0n) is 11.3. The molecule has 0 amide bonds. The molecule has 0 radical (unpaired) electrons. The second kappa shape index (κ2) is 6.89. The third-order valence-corrected chi connectivity index (χ3v) is 4.66. The van der Waals surface area contributed by atoms with Crippen LogP contribution in [0.25, 0.3) is 0 Å². The zero-order chi connectivity index (χ0) is 15.3. The molecule has 0 saturated heterocycles. The van der Waals surface area contributed by atoms with Gasteiger partial charge in [0, 0.05) is 12.7 Å². The van der Waals surface area contributed by atoms with E-state index in [4.69, 9.17) is 17.3 Å². The van der Waals surface area contributed by atoms with E-state index >= 15 is 0 Å². The molecule has 2 rings (SSSR count). The Labute approximate surface area is 129 Å². The fourth-order valence-electron chi connectivity index (χ4n) is 1.80. The van der Waals surface area contributed by atoms with Crippen LogP contribution in [0.5, 0.6) is 0 Å². The number of anilines is 1. The number of rotatable bonds is 6. The lowest BCUT2D eigenvalue weighted by molar-refractivity contribution is 0.578. The first-order valence-electron chi connectivity index (χ1n) is 6.43. The lowest BCUT2D eigenvalue weighted by Crippen LogP contribution is -2.25. The lowest BCUT2D eigenvalue weighted by Gasteiger charge is -2.07. The highest BCUT2D eigenvalue weighted by Gasteiger charge is 2.15. The van der Waals surface area contributed by atoms with E-state index < -0.39 is 10.0 Å². The molecule has 0 aliphatic carbocycles. The van der Waals surface area contributed by atoms with Crippen LogP contribution in [0, 0.1) is 0 Å². The van der Waals surface area contributed by atoms with E-state index in [1.807, 2.05) is 30.3 Å². The van der Waals surface area contributed by atoms with E-state index in [2.05, 4.69) is 9.71 Å². The number of nitrogens with one attached hydrogen (secondary N) is 1. The van der Waals surface area contributed by atoms with Crippen molar-refractivity contribution in [3.05, 3.63) is 53.2 Å². The number of aromatic nitrogens is 1. The Balaban J connectivity index is 1.91. The molecule has 7 heteroatoms. The molecular weight excluding hydrogens is 310 g/mol. The predicted molar refractivity (Wildman–Crippen MR) is 83.6 cm³/mol. The van der Waals surface area contributed by atoms with Gasteiger partial charge in [-0.3, -0.25) is 0 Å². The Bertz CT molecular complexity index is 705. The Morgan fingerprint density at radius 2 is 1.95 bits per heavy atom. The zero-order valence-corrected chi connectivity index (χ0v) is 12.9. The fourth-order valence-corrected chi connectivity index (χ4v) is 3.08. The topological polar surface area (TPSA) is 85.1 Å². The van der Waals surface area contributed by atoms with E-state index in [0.717, 1.165) is 6.42 Å². The van der Waals surface area contributed by atoms with Gasteiger partial charge in [-0.15, -0.1) is 0 Å². The smallest absolute Gasteiger partial charge is 0.242 e. The number of halogens is 1. The van der Waals surface area contributed by atoms with Gasteiger partial charge < -0.3 is 5.73 Å². The molecule has 1 heterocycles. The van der Waals surface area contributed by atoms with Crippen LogP contribution in [0.2, 0.25) is 5.02 Å². The third kappa shape index (κ3) is 4.42. The van der Waals surface area contributed by atoms with Gasteiger partial charge in [0.2, 0.25) is 10.0 Å². The van der Waals surface area contributed by atoms with Crippen molar-refractivity contribution in [2.24, 2.45) is 0 Å². The van der Waals surface area contributed by atoms with E-state index in [0.29, 0.717) is 13.0 Å². The molecule has 112 valence electrons. The van der Waals surface area contributed by atoms with Gasteiger partial charge in [-0.05, 0) is 24.5 Å². The number of nitrogens with zero attached hydrogens (tertiary/aromatic N) is 1. The quantitative estimate of drug-likeness (QED) is 0.797. The summed E-state index contributed by atoms with van der Waals surface area (Å²) < 4.78 is 26.6. The number of hydrogen-bond acceptors (Lipinski definition) is 4. The van der Waals surface area contributed by atoms with E-state index in [-0.39, 0.29) is 15.7 Å². The standard InChI is InChI=1S/C14H16ClN3O2S/c15-13-9-12(10-17-14(13)16)21(19,20)18-8-4-7-11-5-2-1-3-6-11/h1-3,5-6,9-10,18H,4,7-8H2,(H2,16,17). The van der Waals surface area contributed by atoms with Crippen LogP contribution in [0.3, 0.4) is 0 Å². The minimum Gasteiger partial charge on any atom is -0.382 e. The SMILES string of the molecule is Nc1ncc(S(=O)(=O)NCCCc2ccccc2)cc1Cl. The molecule has 0 unspecified atom stereocenters. The summed E-state index contributed by atoms with van der Waals surface area (Å²) >= 11 is 5.78. The average molecular weight is 326 g/mol.